The first-order chi connectivity index (χ1) is 59.1. The fraction of sp³-hybridized carbons (Fsp3) is 0.515. The molecule has 0 saturated heterocycles. The highest BCUT2D eigenvalue weighted by Crippen LogP contribution is 2.40. The van der Waals surface area contributed by atoms with Gasteiger partial charge in [0, 0.05) is 159 Å². The van der Waals surface area contributed by atoms with Gasteiger partial charge in [0.1, 0.15) is 29.1 Å². The van der Waals surface area contributed by atoms with Crippen LogP contribution in [0.2, 0.25) is 0 Å². The van der Waals surface area contributed by atoms with E-state index in [4.69, 9.17) is 0 Å². The Morgan fingerprint density at radius 3 is 0.883 bits per heavy atom. The normalized spacial score (nSPS) is 13.2. The smallest absolute Gasteiger partial charge is 0.155 e. The van der Waals surface area contributed by atoms with Gasteiger partial charge < -0.3 is 0 Å². The second-order valence-corrected chi connectivity index (χ2v) is 43.9. The van der Waals surface area contributed by atoms with Crippen molar-refractivity contribution in [3.05, 3.63) is 268 Å². The maximum absolute atomic E-state index is 4.60. The number of pyridine rings is 1. The van der Waals surface area contributed by atoms with E-state index in [1.165, 1.54) is 81.4 Å². The third-order valence-electron chi connectivity index (χ3n) is 21.2. The molecule has 0 bridgehead atoms. The molecule has 0 radical (unpaired) electrons. The third kappa shape index (κ3) is 31.8. The molecule has 0 unspecified atom stereocenters. The van der Waals surface area contributed by atoms with E-state index in [0.29, 0.717) is 11.8 Å². The molecule has 0 N–H and O–H groups in total. The molecule has 17 rings (SSSR count). The Labute approximate surface area is 762 Å². The molecule has 128 heavy (non-hydrogen) atoms. The Balaban J connectivity index is 0.000000176. The summed E-state index contributed by atoms with van der Waals surface area (Å²) in [5.74, 6) is 5.70. The number of aryl methyl sites for hydroxylation is 7. The Morgan fingerprint density at radius 1 is 0.234 bits per heavy atom. The molecule has 2 aliphatic carbocycles. The number of nitrogens with zero attached hydrogens (tertiary/aromatic N) is 25. The Morgan fingerprint density at radius 2 is 0.547 bits per heavy atom. The van der Waals surface area contributed by atoms with E-state index in [0.717, 1.165) is 80.1 Å². The molecule has 15 aromatic rings. The molecule has 2 saturated carbocycles. The summed E-state index contributed by atoms with van der Waals surface area (Å²) >= 11 is 0. The summed E-state index contributed by atoms with van der Waals surface area (Å²) < 4.78 is 9.26. The van der Waals surface area contributed by atoms with Gasteiger partial charge in [-0.15, -0.1) is 0 Å². The lowest BCUT2D eigenvalue weighted by molar-refractivity contribution is 0.564. The van der Waals surface area contributed by atoms with Crippen molar-refractivity contribution in [1.82, 2.24) is 123 Å². The van der Waals surface area contributed by atoms with Crippen LogP contribution in [0, 0.1) is 48.5 Å². The van der Waals surface area contributed by atoms with Gasteiger partial charge in [0.2, 0.25) is 0 Å². The fourth-order valence-electron chi connectivity index (χ4n) is 11.7. The topological polar surface area (TPSA) is 280 Å². The highest BCUT2D eigenvalue weighted by atomic mass is 15.3. The molecule has 15 aromatic heterocycles. The zero-order valence-corrected chi connectivity index (χ0v) is 84.2. The van der Waals surface area contributed by atoms with E-state index >= 15 is 0 Å². The van der Waals surface area contributed by atoms with E-state index < -0.39 is 0 Å². The van der Waals surface area contributed by atoms with Crippen molar-refractivity contribution in [3.63, 3.8) is 0 Å². The first-order valence-electron chi connectivity index (χ1n) is 44.7. The van der Waals surface area contributed by atoms with E-state index in [9.17, 15) is 0 Å². The summed E-state index contributed by atoms with van der Waals surface area (Å²) in [5, 5.41) is 21.7. The quantitative estimate of drug-likeness (QED) is 0.155. The van der Waals surface area contributed by atoms with E-state index in [1.54, 1.807) is 16.9 Å². The number of rotatable bonds is 2. The summed E-state index contributed by atoms with van der Waals surface area (Å²) in [6, 6.07) is 12.1. The molecule has 0 amide bonds. The van der Waals surface area contributed by atoms with Crippen molar-refractivity contribution in [3.8, 4) is 0 Å². The molecule has 0 aromatic carbocycles. The van der Waals surface area contributed by atoms with Crippen molar-refractivity contribution in [1.29, 1.82) is 0 Å². The van der Waals surface area contributed by atoms with Crippen molar-refractivity contribution in [2.45, 2.75) is 348 Å². The predicted molar refractivity (Wildman–Crippen MR) is 519 cm³/mol. The second-order valence-electron chi connectivity index (χ2n) is 43.9. The van der Waals surface area contributed by atoms with Gasteiger partial charge in [-0.1, -0.05) is 214 Å². The summed E-state index contributed by atoms with van der Waals surface area (Å²) in [6.45, 7) is 78.5. The summed E-state index contributed by atoms with van der Waals surface area (Å²) in [5.41, 5.74) is 22.1. The highest BCUT2D eigenvalue weighted by Gasteiger charge is 2.29. The minimum Gasteiger partial charge on any atom is -0.258 e. The van der Waals surface area contributed by atoms with Gasteiger partial charge in [-0.25, -0.2) is 87.4 Å². The SMILES string of the molecule is CC(C)(C)c1cnc(C2CC2)nc1.CC(C)(C)c1cnc2cc(C3CC3)nn2c1.CC(C)(C)c1cnc2ccnn2c1.Cc1cc2ncc(C(C)(C)C)cn2n1.Cc1cc2ncc(C(C)(C)C)cn2n1.Cc1cnc(C(C)(C)C)cn1.Cc1nc2ccc(C(C)(C)C)cn2n1.Cc1ncc(C(C)(C)C)cn1.Cc1ncc(C(C)(C)C)cn1.Cc1ncc(C(C)(C)C)cn1. The fourth-order valence-corrected chi connectivity index (χ4v) is 11.7. The van der Waals surface area contributed by atoms with Gasteiger partial charge in [0.15, 0.2) is 28.2 Å². The van der Waals surface area contributed by atoms with E-state index in [1.807, 2.05) is 178 Å². The zero-order valence-electron chi connectivity index (χ0n) is 84.2. The predicted octanol–water partition coefficient (Wildman–Crippen LogP) is 22.9. The first kappa shape index (κ1) is 102. The molecule has 0 atom stereocenters. The largest absolute Gasteiger partial charge is 0.258 e. The van der Waals surface area contributed by atoms with Crippen molar-refractivity contribution < 1.29 is 0 Å². The lowest BCUT2D eigenvalue weighted by Crippen LogP contribution is -2.13. The van der Waals surface area contributed by atoms with Crippen LogP contribution in [0.15, 0.2) is 160 Å². The lowest BCUT2D eigenvalue weighted by Gasteiger charge is -2.18. The van der Waals surface area contributed by atoms with Crippen molar-refractivity contribution >= 4 is 28.2 Å². The number of hydrogen-bond donors (Lipinski definition) is 0. The van der Waals surface area contributed by atoms with E-state index in [-0.39, 0.29) is 54.1 Å². The van der Waals surface area contributed by atoms with Crippen LogP contribution in [0.4, 0.5) is 0 Å². The van der Waals surface area contributed by atoms with Crippen LogP contribution in [-0.4, -0.2) is 123 Å². The van der Waals surface area contributed by atoms with E-state index in [2.05, 4.69) is 345 Å². The Hall–Kier alpha value is -11.5. The van der Waals surface area contributed by atoms with Crippen LogP contribution < -0.4 is 0 Å². The standard InChI is InChI=1S/C13H17N3.3C11H15N3.C11H16N2.C10H13N3.4C9H14N2/c1-13(2,3)10-7-14-12-6-11(9-4-5-9)15-16(12)8-10;2*1-8-5-10-12-6-9(11(2,3)4)7-14(10)13-8;1-8-12-10-6-5-9(11(2,3)4)7-14(10)13-8;1-11(2,3)9-6-12-10(13-7-9)8-4-5-8;1-10(2,3)8-6-11-9-4-5-12-13(9)7-8;3*1-7-10-5-8(6-11-7)9(2,3)4;1-7-5-11-8(6-10-7)9(2,3)4/h6-9H,4-5H2,1-3H3;3*5-7H,1-4H3;6-8H,4-5H2,1-3H3;4-7H,1-3H3;4*5-6H,1-4H3. The number of aromatic nitrogens is 25. The molecule has 25 nitrogen and oxygen atoms in total. The van der Waals surface area contributed by atoms with Gasteiger partial charge in [0.05, 0.1) is 34.7 Å². The van der Waals surface area contributed by atoms with Crippen LogP contribution in [0.25, 0.3) is 28.2 Å². The minimum absolute atomic E-state index is 0.112. The average molecular weight is 1740 g/mol. The van der Waals surface area contributed by atoms with Gasteiger partial charge in [-0.05, 0) is 179 Å². The Kier molecular flexibility index (Phi) is 32.9. The number of fused-ring (bicyclic) bond motifs is 5. The monoisotopic (exact) mass is 1730 g/mol. The molecular formula is C103H147N25. The first-order valence-corrected chi connectivity index (χ1v) is 44.7. The highest BCUT2D eigenvalue weighted by molar-refractivity contribution is 5.44. The molecule has 2 aliphatic rings. The van der Waals surface area contributed by atoms with Crippen LogP contribution >= 0.6 is 0 Å². The molecule has 0 aliphatic heterocycles. The summed E-state index contributed by atoms with van der Waals surface area (Å²) in [4.78, 5) is 63.9. The molecule has 684 valence electrons. The molecular weight excluding hydrogens is 1590 g/mol. The van der Waals surface area contributed by atoms with Gasteiger partial charge in [0.25, 0.3) is 0 Å². The van der Waals surface area contributed by atoms with Gasteiger partial charge >= 0.3 is 0 Å². The minimum atomic E-state index is 0.112. The van der Waals surface area contributed by atoms with Gasteiger partial charge in [-0.3, -0.25) is 9.97 Å². The number of hydrogen-bond acceptors (Lipinski definition) is 20. The lowest BCUT2D eigenvalue weighted by atomic mass is 9.88. The van der Waals surface area contributed by atoms with Crippen LogP contribution in [0.3, 0.4) is 0 Å². The summed E-state index contributed by atoms with van der Waals surface area (Å²) in [6.07, 6.45) is 43.8. The van der Waals surface area contributed by atoms with Crippen molar-refractivity contribution in [2.24, 2.45) is 0 Å². The van der Waals surface area contributed by atoms with Crippen LogP contribution in [-0.2, 0) is 54.1 Å². The van der Waals surface area contributed by atoms with Crippen LogP contribution in [0.5, 0.6) is 0 Å². The molecule has 0 spiro atoms. The van der Waals surface area contributed by atoms with Gasteiger partial charge in [-0.2, -0.15) is 25.5 Å². The second kappa shape index (κ2) is 41.3. The third-order valence-corrected chi connectivity index (χ3v) is 21.2. The molecule has 15 heterocycles. The maximum atomic E-state index is 4.60. The van der Waals surface area contributed by atoms with Crippen LogP contribution in [0.1, 0.15) is 353 Å². The maximum Gasteiger partial charge on any atom is 0.155 e. The molecule has 25 heteroatoms. The Bertz CT molecular complexity index is 5550. The molecule has 2 fully saturated rings. The van der Waals surface area contributed by atoms with Crippen molar-refractivity contribution in [2.75, 3.05) is 0 Å². The zero-order chi connectivity index (χ0) is 95.3. The summed E-state index contributed by atoms with van der Waals surface area (Å²) in [7, 11) is 0. The average Bonchev–Trinajstić information content (AvgIpc) is 1.63.